The number of carbonyl (C=O) groups excluding carboxylic acids is 2. The van der Waals surface area contributed by atoms with Crippen molar-refractivity contribution in [2.45, 2.75) is 30.0 Å². The maximum Gasteiger partial charge on any atom is 0.416 e. The number of Topliss-reactive ketones (excluding diaryl/α,β-unsaturated/α-hetero) is 1. The van der Waals surface area contributed by atoms with Gasteiger partial charge in [-0.3, -0.25) is 9.69 Å². The first-order chi connectivity index (χ1) is 15.1. The Hall–Kier alpha value is -2.72. The fourth-order valence-electron chi connectivity index (χ4n) is 3.91. The van der Waals surface area contributed by atoms with Crippen molar-refractivity contribution in [3.63, 3.8) is 0 Å². The number of ketones is 1. The number of allylic oxidation sites excluding steroid dienone is 1. The van der Waals surface area contributed by atoms with Crippen molar-refractivity contribution < 1.29 is 27.0 Å². The molecule has 6 nitrogen and oxygen atoms in total. The molecule has 1 heterocycles. The number of hydrogen-bond donors (Lipinski definition) is 1. The van der Waals surface area contributed by atoms with Gasteiger partial charge in [-0.2, -0.15) is 18.4 Å². The zero-order chi connectivity index (χ0) is 23.2. The van der Waals surface area contributed by atoms with E-state index < -0.39 is 31.8 Å². The lowest BCUT2D eigenvalue weighted by Crippen LogP contribution is -2.47. The second-order valence-corrected chi connectivity index (χ2v) is 10.4. The minimum Gasteiger partial charge on any atom is -0.326 e. The Morgan fingerprint density at radius 1 is 1.16 bits per heavy atom. The van der Waals surface area contributed by atoms with Crippen molar-refractivity contribution >= 4 is 46.7 Å². The number of nitrogens with one attached hydrogen (secondary N) is 1. The summed E-state index contributed by atoms with van der Waals surface area (Å²) in [6.07, 6.45) is -4.30. The van der Waals surface area contributed by atoms with Gasteiger partial charge in [0.05, 0.1) is 33.8 Å². The standard InChI is InChI=1S/C21H13F3IN3O3S/c22-21(23,24)12-2-1-3-13(9-12)28-15-6-7-16(29)18(15)19(27-20(28)30)14-5-4-11(10-26)8-17(14)32(25)31/h1-5,8-9,19H,6-7H2,(H,27,30). The van der Waals surface area contributed by atoms with Gasteiger partial charge in [-0.25, -0.2) is 9.00 Å². The van der Waals surface area contributed by atoms with Gasteiger partial charge in [0.2, 0.25) is 0 Å². The molecule has 0 spiro atoms. The number of urea groups is 1. The van der Waals surface area contributed by atoms with Crippen LogP contribution in [0, 0.1) is 11.3 Å². The molecule has 0 fully saturated rings. The predicted molar refractivity (Wildman–Crippen MR) is 118 cm³/mol. The summed E-state index contributed by atoms with van der Waals surface area (Å²) in [6.45, 7) is 0. The first kappa shape index (κ1) is 22.5. The van der Waals surface area contributed by atoms with Crippen LogP contribution < -0.4 is 10.2 Å². The van der Waals surface area contributed by atoms with Crippen molar-refractivity contribution in [2.75, 3.05) is 4.90 Å². The molecule has 0 saturated carbocycles. The summed E-state index contributed by atoms with van der Waals surface area (Å²) in [4.78, 5) is 27.2. The molecule has 32 heavy (non-hydrogen) atoms. The van der Waals surface area contributed by atoms with Crippen molar-refractivity contribution in [1.29, 1.82) is 5.26 Å². The third-order valence-electron chi connectivity index (χ3n) is 5.29. The molecule has 2 unspecified atom stereocenters. The minimum absolute atomic E-state index is 0.00417. The molecule has 1 aliphatic heterocycles. The highest BCUT2D eigenvalue weighted by Gasteiger charge is 2.42. The van der Waals surface area contributed by atoms with Crippen LogP contribution in [0.25, 0.3) is 0 Å². The van der Waals surface area contributed by atoms with Gasteiger partial charge >= 0.3 is 12.2 Å². The van der Waals surface area contributed by atoms with Crippen molar-refractivity contribution in [2.24, 2.45) is 0 Å². The van der Waals surface area contributed by atoms with E-state index in [1.165, 1.54) is 30.3 Å². The van der Waals surface area contributed by atoms with E-state index >= 15 is 0 Å². The summed E-state index contributed by atoms with van der Waals surface area (Å²) in [7, 11) is -1.55. The number of nitrogens with zero attached hydrogens (tertiary/aromatic N) is 2. The summed E-state index contributed by atoms with van der Waals surface area (Å²) in [6, 6.07) is 9.14. The van der Waals surface area contributed by atoms with Gasteiger partial charge in [0.25, 0.3) is 0 Å². The second kappa shape index (κ2) is 8.32. The number of carbonyl (C=O) groups is 2. The fourth-order valence-corrected chi connectivity index (χ4v) is 5.65. The smallest absolute Gasteiger partial charge is 0.326 e. The Bertz CT molecular complexity index is 1250. The van der Waals surface area contributed by atoms with Gasteiger partial charge in [-0.15, -0.1) is 0 Å². The summed E-state index contributed by atoms with van der Waals surface area (Å²) < 4.78 is 51.9. The maximum atomic E-state index is 13.2. The highest BCUT2D eigenvalue weighted by molar-refractivity contribution is 14.2. The maximum absolute atomic E-state index is 13.2. The van der Waals surface area contributed by atoms with Crippen molar-refractivity contribution in [3.8, 4) is 6.07 Å². The number of rotatable bonds is 3. The highest BCUT2D eigenvalue weighted by Crippen LogP contribution is 2.43. The molecule has 0 bridgehead atoms. The number of hydrogen-bond acceptors (Lipinski definition) is 4. The van der Waals surface area contributed by atoms with Crippen molar-refractivity contribution in [1.82, 2.24) is 5.32 Å². The molecule has 1 aliphatic carbocycles. The van der Waals surface area contributed by atoms with Gasteiger partial charge in [0.15, 0.2) is 5.78 Å². The topological polar surface area (TPSA) is 90.3 Å². The third-order valence-corrected chi connectivity index (χ3v) is 7.41. The first-order valence-corrected chi connectivity index (χ1v) is 13.0. The molecule has 2 aliphatic rings. The zero-order valence-corrected chi connectivity index (χ0v) is 19.0. The number of anilines is 1. The van der Waals surface area contributed by atoms with Crippen LogP contribution in [0.1, 0.15) is 35.6 Å². The molecule has 0 radical (unpaired) electrons. The van der Waals surface area contributed by atoms with E-state index in [1.807, 2.05) is 6.07 Å². The van der Waals surface area contributed by atoms with E-state index in [-0.39, 0.29) is 40.3 Å². The van der Waals surface area contributed by atoms with E-state index in [9.17, 15) is 27.0 Å². The quantitative estimate of drug-likeness (QED) is 0.419. The van der Waals surface area contributed by atoms with Crippen LogP contribution in [0.15, 0.2) is 58.6 Å². The number of nitriles is 1. The van der Waals surface area contributed by atoms with E-state index in [2.05, 4.69) is 5.32 Å². The molecule has 2 aromatic carbocycles. The van der Waals surface area contributed by atoms with Gasteiger partial charge in [0.1, 0.15) is 7.97 Å². The monoisotopic (exact) mass is 571 g/mol. The number of benzene rings is 2. The minimum atomic E-state index is -4.59. The average Bonchev–Trinajstić information content (AvgIpc) is 3.13. The zero-order valence-electron chi connectivity index (χ0n) is 16.1. The van der Waals surface area contributed by atoms with E-state index in [0.29, 0.717) is 11.3 Å². The Labute approximate surface area is 195 Å². The molecule has 11 heteroatoms. The predicted octanol–water partition coefficient (Wildman–Crippen LogP) is 4.92. The molecule has 2 atom stereocenters. The lowest BCUT2D eigenvalue weighted by Gasteiger charge is -2.35. The summed E-state index contributed by atoms with van der Waals surface area (Å²) >= 11 is 1.67. The normalized spacial score (nSPS) is 19.5. The SMILES string of the molecule is N#Cc1ccc(C2NC(=O)N(c3cccc(C(F)(F)F)c3)C3=C2C(=O)CC3)c(S(=O)I)c1. The van der Waals surface area contributed by atoms with Crippen LogP contribution in [0.3, 0.4) is 0 Å². The lowest BCUT2D eigenvalue weighted by atomic mass is 9.94. The Kier molecular flexibility index (Phi) is 5.85. The highest BCUT2D eigenvalue weighted by atomic mass is 127. The summed E-state index contributed by atoms with van der Waals surface area (Å²) in [5, 5.41) is 11.8. The number of amides is 2. The number of alkyl halides is 3. The molecule has 2 amide bonds. The molecule has 164 valence electrons. The first-order valence-electron chi connectivity index (χ1n) is 9.28. The van der Waals surface area contributed by atoms with Crippen LogP contribution in [0.2, 0.25) is 0 Å². The Morgan fingerprint density at radius 3 is 2.56 bits per heavy atom. The van der Waals surface area contributed by atoms with E-state index in [1.54, 1.807) is 21.2 Å². The molecule has 1 N–H and O–H groups in total. The van der Waals surface area contributed by atoms with Gasteiger partial charge in [-0.05, 0) is 42.3 Å². The lowest BCUT2D eigenvalue weighted by molar-refractivity contribution is -0.137. The van der Waals surface area contributed by atoms with Crippen LogP contribution in [-0.2, 0) is 18.9 Å². The van der Waals surface area contributed by atoms with Gasteiger partial charge in [-0.1, -0.05) is 12.1 Å². The summed E-state index contributed by atoms with van der Waals surface area (Å²) in [5.74, 6) is -0.253. The van der Waals surface area contributed by atoms with E-state index in [4.69, 9.17) is 5.26 Å². The van der Waals surface area contributed by atoms with Crippen LogP contribution in [-0.4, -0.2) is 16.0 Å². The van der Waals surface area contributed by atoms with Crippen LogP contribution in [0.4, 0.5) is 23.7 Å². The molecule has 0 saturated heterocycles. The van der Waals surface area contributed by atoms with Gasteiger partial charge < -0.3 is 5.32 Å². The molecule has 4 rings (SSSR count). The molecular formula is C21H13F3IN3O3S. The Balaban J connectivity index is 1.86. The van der Waals surface area contributed by atoms with Gasteiger partial charge in [0, 0.05) is 38.9 Å². The largest absolute Gasteiger partial charge is 0.416 e. The van der Waals surface area contributed by atoms with Crippen LogP contribution in [0.5, 0.6) is 0 Å². The Morgan fingerprint density at radius 2 is 1.91 bits per heavy atom. The third kappa shape index (κ3) is 3.93. The van der Waals surface area contributed by atoms with E-state index in [0.717, 1.165) is 17.0 Å². The molecular weight excluding hydrogens is 558 g/mol. The van der Waals surface area contributed by atoms with Crippen molar-refractivity contribution in [3.05, 3.63) is 70.4 Å². The number of halogens is 4. The average molecular weight is 571 g/mol. The molecule has 0 aromatic heterocycles. The molecule has 2 aromatic rings. The second-order valence-electron chi connectivity index (χ2n) is 7.14. The fraction of sp³-hybridized carbons (Fsp3) is 0.190. The van der Waals surface area contributed by atoms with Crippen LogP contribution >= 0.6 is 21.2 Å². The summed E-state index contributed by atoms with van der Waals surface area (Å²) in [5.41, 5.74) is 0.319.